The van der Waals surface area contributed by atoms with Gasteiger partial charge < -0.3 is 28.7 Å². The third kappa shape index (κ3) is 7.34. The number of benzene rings is 3. The number of anilines is 2. The van der Waals surface area contributed by atoms with E-state index in [1.807, 2.05) is 61.8 Å². The fraction of sp³-hybridized carbons (Fsp3) is 0.295. The smallest absolute Gasteiger partial charge is 0.340 e. The van der Waals surface area contributed by atoms with Crippen LogP contribution in [0.15, 0.2) is 104 Å². The maximum Gasteiger partial charge on any atom is 0.340 e. The van der Waals surface area contributed by atoms with E-state index in [2.05, 4.69) is 19.8 Å². The number of aromatic nitrogens is 2. The van der Waals surface area contributed by atoms with Gasteiger partial charge in [-0.05, 0) is 102 Å². The van der Waals surface area contributed by atoms with Crippen LogP contribution in [0.4, 0.5) is 11.4 Å². The van der Waals surface area contributed by atoms with Crippen molar-refractivity contribution in [3.63, 3.8) is 0 Å². The molecule has 3 aromatic carbocycles. The predicted molar refractivity (Wildman–Crippen MR) is 208 cm³/mol. The van der Waals surface area contributed by atoms with Crippen molar-refractivity contribution in [2.24, 2.45) is 10.8 Å². The molecule has 11 heteroatoms. The Kier molecular flexibility index (Phi) is 9.58. The molecule has 55 heavy (non-hydrogen) atoms. The summed E-state index contributed by atoms with van der Waals surface area (Å²) in [6.45, 7) is 12.5. The van der Waals surface area contributed by atoms with Crippen LogP contribution in [0.5, 0.6) is 23.0 Å². The van der Waals surface area contributed by atoms with E-state index >= 15 is 0 Å². The first-order valence-electron chi connectivity index (χ1n) is 18.2. The predicted octanol–water partition coefficient (Wildman–Crippen LogP) is 8.09. The Morgan fingerprint density at radius 1 is 0.727 bits per heavy atom. The quantitative estimate of drug-likeness (QED) is 0.108. The van der Waals surface area contributed by atoms with Gasteiger partial charge in [-0.1, -0.05) is 12.1 Å². The standard InChI is InChI=1S/C44H44N4O7/c1-42(2,3)40(50)52-31-14-17-35-37(24-31)54-38-25-32(53-41(51)43(4,5)6)15-18-36(38)44(35)34-16-13-29(23-33(34)39(49)55-44)47(7)21-22-48(30-12-10-19-45-26-30)27-28-11-8-9-20-46-28/h8-20,23-26H,21-22,27H2,1-7H3. The van der Waals surface area contributed by atoms with E-state index in [1.54, 1.807) is 90.3 Å². The SMILES string of the molecule is CN(CCN(Cc1ccccn1)c1cccnc1)c1ccc2c(c1)C(=O)OC21c2ccc(OC(=O)C(C)(C)C)cc2Oc2cc(OC(=O)C(C)(C)C)ccc21. The Morgan fingerprint density at radius 2 is 1.36 bits per heavy atom. The summed E-state index contributed by atoms with van der Waals surface area (Å²) in [6.07, 6.45) is 5.38. The first kappa shape index (κ1) is 37.1. The Labute approximate surface area is 320 Å². The molecule has 0 atom stereocenters. The van der Waals surface area contributed by atoms with E-state index in [0.29, 0.717) is 53.4 Å². The van der Waals surface area contributed by atoms with E-state index in [9.17, 15) is 14.4 Å². The second-order valence-corrected chi connectivity index (χ2v) is 15.9. The minimum atomic E-state index is -1.40. The van der Waals surface area contributed by atoms with Gasteiger partial charge in [-0.2, -0.15) is 0 Å². The number of carbonyl (C=O) groups excluding carboxylic acids is 3. The van der Waals surface area contributed by atoms with Gasteiger partial charge in [0, 0.05) is 67.0 Å². The van der Waals surface area contributed by atoms with Gasteiger partial charge in [-0.3, -0.25) is 19.6 Å². The van der Waals surface area contributed by atoms with Crippen LogP contribution in [-0.4, -0.2) is 48.0 Å². The Balaban J connectivity index is 1.24. The number of esters is 3. The molecule has 0 unspecified atom stereocenters. The van der Waals surface area contributed by atoms with Crippen LogP contribution in [0.1, 0.15) is 74.3 Å². The molecular formula is C44H44N4O7. The molecule has 2 aliphatic rings. The molecular weight excluding hydrogens is 697 g/mol. The summed E-state index contributed by atoms with van der Waals surface area (Å²) in [5, 5.41) is 0. The van der Waals surface area contributed by atoms with E-state index in [-0.39, 0.29) is 11.5 Å². The summed E-state index contributed by atoms with van der Waals surface area (Å²) >= 11 is 0. The maximum atomic E-state index is 14.0. The molecule has 0 bridgehead atoms. The average Bonchev–Trinajstić information content (AvgIpc) is 3.44. The molecule has 1 spiro atoms. The molecule has 2 aromatic heterocycles. The van der Waals surface area contributed by atoms with Crippen LogP contribution >= 0.6 is 0 Å². The molecule has 0 fully saturated rings. The first-order chi connectivity index (χ1) is 26.1. The number of hydrogen-bond acceptors (Lipinski definition) is 11. The normalized spacial score (nSPS) is 13.8. The van der Waals surface area contributed by atoms with Crippen molar-refractivity contribution in [1.82, 2.24) is 9.97 Å². The third-order valence-corrected chi connectivity index (χ3v) is 9.61. The fourth-order valence-corrected chi connectivity index (χ4v) is 6.49. The molecule has 0 N–H and O–H groups in total. The molecule has 0 radical (unpaired) electrons. The minimum Gasteiger partial charge on any atom is -0.456 e. The fourth-order valence-electron chi connectivity index (χ4n) is 6.49. The Bertz CT molecular complexity index is 2180. The number of pyridine rings is 2. The molecule has 0 amide bonds. The lowest BCUT2D eigenvalue weighted by Crippen LogP contribution is -2.34. The molecule has 4 heterocycles. The molecule has 2 aliphatic heterocycles. The van der Waals surface area contributed by atoms with Gasteiger partial charge in [0.2, 0.25) is 0 Å². The monoisotopic (exact) mass is 740 g/mol. The maximum absolute atomic E-state index is 14.0. The van der Waals surface area contributed by atoms with Crippen LogP contribution in [0.25, 0.3) is 0 Å². The number of likely N-dealkylation sites (N-methyl/N-ethyl adjacent to an activating group) is 1. The van der Waals surface area contributed by atoms with E-state index in [1.165, 1.54) is 0 Å². The van der Waals surface area contributed by atoms with Crippen LogP contribution in [0.2, 0.25) is 0 Å². The van der Waals surface area contributed by atoms with E-state index in [4.69, 9.17) is 18.9 Å². The average molecular weight is 741 g/mol. The Morgan fingerprint density at radius 3 is 1.93 bits per heavy atom. The van der Waals surface area contributed by atoms with Crippen molar-refractivity contribution >= 4 is 29.3 Å². The highest BCUT2D eigenvalue weighted by Gasteiger charge is 2.54. The highest BCUT2D eigenvalue weighted by molar-refractivity contribution is 5.98. The summed E-state index contributed by atoms with van der Waals surface area (Å²) < 4.78 is 24.3. The molecule has 7 rings (SSSR count). The van der Waals surface area contributed by atoms with Crippen molar-refractivity contribution in [3.05, 3.63) is 131 Å². The molecule has 0 saturated carbocycles. The lowest BCUT2D eigenvalue weighted by Gasteiger charge is -2.37. The van der Waals surface area contributed by atoms with Crippen molar-refractivity contribution in [3.8, 4) is 23.0 Å². The molecule has 282 valence electrons. The van der Waals surface area contributed by atoms with Crippen LogP contribution in [0, 0.1) is 10.8 Å². The number of fused-ring (bicyclic) bond motifs is 6. The topological polar surface area (TPSA) is 120 Å². The second-order valence-electron chi connectivity index (χ2n) is 15.9. The zero-order chi connectivity index (χ0) is 39.1. The highest BCUT2D eigenvalue weighted by Crippen LogP contribution is 2.57. The summed E-state index contributed by atoms with van der Waals surface area (Å²) in [7, 11) is 1.99. The zero-order valence-corrected chi connectivity index (χ0v) is 32.1. The molecule has 0 aliphatic carbocycles. The molecule has 5 aromatic rings. The van der Waals surface area contributed by atoms with Gasteiger partial charge in [0.1, 0.15) is 23.0 Å². The summed E-state index contributed by atoms with van der Waals surface area (Å²) in [5.74, 6) is -0.112. The Hall–Kier alpha value is -6.23. The summed E-state index contributed by atoms with van der Waals surface area (Å²) in [6, 6.07) is 25.7. The molecule has 11 nitrogen and oxygen atoms in total. The van der Waals surface area contributed by atoms with Crippen molar-refractivity contribution < 1.29 is 33.3 Å². The van der Waals surface area contributed by atoms with Crippen molar-refractivity contribution in [1.29, 1.82) is 0 Å². The van der Waals surface area contributed by atoms with Gasteiger partial charge >= 0.3 is 17.9 Å². The van der Waals surface area contributed by atoms with Gasteiger partial charge in [0.05, 0.1) is 40.5 Å². The van der Waals surface area contributed by atoms with E-state index in [0.717, 1.165) is 17.1 Å². The van der Waals surface area contributed by atoms with Gasteiger partial charge in [0.15, 0.2) is 5.60 Å². The summed E-state index contributed by atoms with van der Waals surface area (Å²) in [4.78, 5) is 52.8. The zero-order valence-electron chi connectivity index (χ0n) is 32.1. The van der Waals surface area contributed by atoms with Gasteiger partial charge in [-0.25, -0.2) is 4.79 Å². The lowest BCUT2D eigenvalue weighted by molar-refractivity contribution is -0.143. The summed E-state index contributed by atoms with van der Waals surface area (Å²) in [5.41, 5.74) is 2.03. The number of rotatable bonds is 9. The first-order valence-corrected chi connectivity index (χ1v) is 18.2. The van der Waals surface area contributed by atoms with Gasteiger partial charge in [0.25, 0.3) is 0 Å². The largest absolute Gasteiger partial charge is 0.456 e. The van der Waals surface area contributed by atoms with Crippen molar-refractivity contribution in [2.45, 2.75) is 53.7 Å². The van der Waals surface area contributed by atoms with Crippen LogP contribution in [0.3, 0.4) is 0 Å². The van der Waals surface area contributed by atoms with Gasteiger partial charge in [-0.15, -0.1) is 0 Å². The molecule has 0 saturated heterocycles. The number of carbonyl (C=O) groups is 3. The number of nitrogens with zero attached hydrogens (tertiary/aromatic N) is 4. The third-order valence-electron chi connectivity index (χ3n) is 9.61. The number of ether oxygens (including phenoxy) is 4. The number of hydrogen-bond donors (Lipinski definition) is 0. The second kappa shape index (κ2) is 14.2. The van der Waals surface area contributed by atoms with Crippen molar-refractivity contribution in [2.75, 3.05) is 29.9 Å². The highest BCUT2D eigenvalue weighted by atomic mass is 16.6. The minimum absolute atomic E-state index is 0.275. The van der Waals surface area contributed by atoms with E-state index < -0.39 is 34.3 Å². The lowest BCUT2D eigenvalue weighted by atomic mass is 9.77. The van der Waals surface area contributed by atoms with Crippen LogP contribution < -0.4 is 24.0 Å². The van der Waals surface area contributed by atoms with Crippen LogP contribution in [-0.2, 0) is 26.5 Å².